The smallest absolute Gasteiger partial charge is 0.167 e. The number of hydrogen-bond acceptors (Lipinski definition) is 5. The van der Waals surface area contributed by atoms with Crippen molar-refractivity contribution in [2.45, 2.75) is 13.3 Å². The zero-order chi connectivity index (χ0) is 15.0. The van der Waals surface area contributed by atoms with E-state index in [9.17, 15) is 4.39 Å². The van der Waals surface area contributed by atoms with Crippen molar-refractivity contribution in [3.8, 4) is 11.4 Å². The van der Waals surface area contributed by atoms with Crippen molar-refractivity contribution in [2.75, 3.05) is 5.43 Å². The fourth-order valence-corrected chi connectivity index (χ4v) is 3.57. The molecule has 0 saturated heterocycles. The molecular weight excluding hydrogens is 355 g/mol. The molecule has 1 aromatic carbocycles. The Kier molecular flexibility index (Phi) is 3.88. The Hall–Kier alpha value is -1.57. The number of nitrogens with one attached hydrogen (secondary N) is 1. The van der Waals surface area contributed by atoms with E-state index in [0.717, 1.165) is 16.6 Å². The van der Waals surface area contributed by atoms with Gasteiger partial charge < -0.3 is 5.43 Å². The number of nitrogens with two attached hydrogens (primary N) is 1. The molecule has 0 aliphatic rings. The predicted molar refractivity (Wildman–Crippen MR) is 87.7 cm³/mol. The van der Waals surface area contributed by atoms with Crippen molar-refractivity contribution < 1.29 is 4.39 Å². The van der Waals surface area contributed by atoms with Crippen LogP contribution < -0.4 is 11.3 Å². The molecule has 2 aromatic heterocycles. The third-order valence-corrected chi connectivity index (χ3v) is 4.95. The molecule has 108 valence electrons. The molecule has 3 aromatic rings. The van der Waals surface area contributed by atoms with Gasteiger partial charge in [-0.2, -0.15) is 0 Å². The maximum Gasteiger partial charge on any atom is 0.167 e. The summed E-state index contributed by atoms with van der Waals surface area (Å²) in [5, 5.41) is 0.857. The molecule has 0 unspecified atom stereocenters. The first-order valence-electron chi connectivity index (χ1n) is 6.35. The van der Waals surface area contributed by atoms with Gasteiger partial charge in [0.25, 0.3) is 0 Å². The number of anilines is 1. The summed E-state index contributed by atoms with van der Waals surface area (Å²) in [4.78, 5) is 10.8. The van der Waals surface area contributed by atoms with Crippen LogP contribution in [0.1, 0.15) is 11.8 Å². The number of nitrogens with zero attached hydrogens (tertiary/aromatic N) is 2. The van der Waals surface area contributed by atoms with Crippen LogP contribution >= 0.6 is 27.3 Å². The van der Waals surface area contributed by atoms with Crippen molar-refractivity contribution in [3.05, 3.63) is 39.4 Å². The first-order chi connectivity index (χ1) is 10.1. The second kappa shape index (κ2) is 5.67. The third kappa shape index (κ3) is 2.52. The van der Waals surface area contributed by atoms with Gasteiger partial charge in [-0.1, -0.05) is 13.0 Å². The molecule has 0 radical (unpaired) electrons. The van der Waals surface area contributed by atoms with Gasteiger partial charge >= 0.3 is 0 Å². The maximum absolute atomic E-state index is 14.1. The number of fused-ring (bicyclic) bond motifs is 1. The monoisotopic (exact) mass is 366 g/mol. The second-order valence-electron chi connectivity index (χ2n) is 4.42. The Bertz CT molecular complexity index is 798. The van der Waals surface area contributed by atoms with Crippen LogP contribution in [0.4, 0.5) is 10.2 Å². The summed E-state index contributed by atoms with van der Waals surface area (Å²) in [7, 11) is 0. The van der Waals surface area contributed by atoms with E-state index in [4.69, 9.17) is 5.84 Å². The van der Waals surface area contributed by atoms with Crippen LogP contribution in [0.15, 0.2) is 28.7 Å². The lowest BCUT2D eigenvalue weighted by Gasteiger charge is -2.07. The zero-order valence-electron chi connectivity index (χ0n) is 11.2. The highest BCUT2D eigenvalue weighted by atomic mass is 79.9. The molecule has 3 N–H and O–H groups in total. The van der Waals surface area contributed by atoms with Crippen molar-refractivity contribution in [1.29, 1.82) is 0 Å². The molecular formula is C14H12BrFN4S. The number of benzene rings is 1. The molecule has 0 aliphatic carbocycles. The fourth-order valence-electron chi connectivity index (χ4n) is 2.08. The minimum absolute atomic E-state index is 0.310. The van der Waals surface area contributed by atoms with Crippen molar-refractivity contribution in [2.24, 2.45) is 5.84 Å². The van der Waals surface area contributed by atoms with Gasteiger partial charge in [0.15, 0.2) is 11.6 Å². The van der Waals surface area contributed by atoms with Crippen molar-refractivity contribution in [1.82, 2.24) is 9.97 Å². The molecule has 0 bridgehead atoms. The minimum Gasteiger partial charge on any atom is -0.308 e. The van der Waals surface area contributed by atoms with Crippen LogP contribution in [0.3, 0.4) is 0 Å². The second-order valence-corrected chi connectivity index (χ2v) is 6.39. The Morgan fingerprint density at radius 1 is 1.38 bits per heavy atom. The summed E-state index contributed by atoms with van der Waals surface area (Å²) in [6, 6.07) is 6.78. The molecule has 0 saturated carbocycles. The van der Waals surface area contributed by atoms with Crippen LogP contribution in [0.2, 0.25) is 0 Å². The van der Waals surface area contributed by atoms with Gasteiger partial charge in [0, 0.05) is 9.35 Å². The number of nitrogen functional groups attached to an aromatic ring is 1. The van der Waals surface area contributed by atoms with Crippen LogP contribution in [0, 0.1) is 5.82 Å². The summed E-state index contributed by atoms with van der Waals surface area (Å²) in [6.45, 7) is 2.07. The average Bonchev–Trinajstić information content (AvgIpc) is 2.89. The molecule has 0 aliphatic heterocycles. The Morgan fingerprint density at radius 3 is 2.86 bits per heavy atom. The number of rotatable bonds is 3. The summed E-state index contributed by atoms with van der Waals surface area (Å²) in [6.07, 6.45) is 0.907. The van der Waals surface area contributed by atoms with E-state index in [1.54, 1.807) is 23.5 Å². The molecule has 2 heterocycles. The molecule has 0 spiro atoms. The van der Waals surface area contributed by atoms with Gasteiger partial charge in [-0.25, -0.2) is 20.2 Å². The lowest BCUT2D eigenvalue weighted by Crippen LogP contribution is -2.10. The number of aryl methyl sites for hydroxylation is 1. The maximum atomic E-state index is 14.1. The van der Waals surface area contributed by atoms with Gasteiger partial charge in [0.05, 0.1) is 10.9 Å². The summed E-state index contributed by atoms with van der Waals surface area (Å²) in [5.74, 6) is 5.98. The Balaban J connectivity index is 2.28. The topological polar surface area (TPSA) is 63.8 Å². The lowest BCUT2D eigenvalue weighted by molar-refractivity contribution is 0.629. The molecule has 21 heavy (non-hydrogen) atoms. The fraction of sp³-hybridized carbons (Fsp3) is 0.143. The number of thiophene rings is 1. The van der Waals surface area contributed by atoms with Crippen LogP contribution in [-0.4, -0.2) is 9.97 Å². The normalized spacial score (nSPS) is 11.0. The molecule has 7 heteroatoms. The number of halogens is 2. The SMILES string of the molecule is CCc1cc2c(NN)nc(-c3c(F)cccc3Br)nc2s1. The van der Waals surface area contributed by atoms with E-state index in [2.05, 4.69) is 38.2 Å². The predicted octanol–water partition coefficient (Wildman–Crippen LogP) is 4.11. The van der Waals surface area contributed by atoms with Crippen molar-refractivity contribution >= 4 is 43.3 Å². The highest BCUT2D eigenvalue weighted by Gasteiger charge is 2.16. The molecule has 0 fully saturated rings. The van der Waals surface area contributed by atoms with E-state index in [1.165, 1.54) is 10.9 Å². The molecule has 0 atom stereocenters. The quantitative estimate of drug-likeness (QED) is 0.540. The summed E-state index contributed by atoms with van der Waals surface area (Å²) in [5.41, 5.74) is 2.91. The third-order valence-electron chi connectivity index (χ3n) is 3.12. The average molecular weight is 367 g/mol. The van der Waals surface area contributed by atoms with E-state index in [0.29, 0.717) is 21.7 Å². The van der Waals surface area contributed by atoms with Gasteiger partial charge in [0.2, 0.25) is 0 Å². The van der Waals surface area contributed by atoms with Crippen LogP contribution in [-0.2, 0) is 6.42 Å². The molecule has 4 nitrogen and oxygen atoms in total. The zero-order valence-corrected chi connectivity index (χ0v) is 13.6. The summed E-state index contributed by atoms with van der Waals surface area (Å²) < 4.78 is 14.7. The first-order valence-corrected chi connectivity index (χ1v) is 7.96. The highest BCUT2D eigenvalue weighted by Crippen LogP contribution is 2.34. The largest absolute Gasteiger partial charge is 0.308 e. The molecule has 0 amide bonds. The van der Waals surface area contributed by atoms with Crippen molar-refractivity contribution in [3.63, 3.8) is 0 Å². The Morgan fingerprint density at radius 2 is 2.19 bits per heavy atom. The summed E-state index contributed by atoms with van der Waals surface area (Å²) >= 11 is 4.91. The van der Waals surface area contributed by atoms with Gasteiger partial charge in [-0.05, 0) is 40.5 Å². The van der Waals surface area contributed by atoms with Crippen LogP contribution in [0.5, 0.6) is 0 Å². The van der Waals surface area contributed by atoms with Gasteiger partial charge in [-0.3, -0.25) is 0 Å². The van der Waals surface area contributed by atoms with Gasteiger partial charge in [0.1, 0.15) is 10.6 Å². The highest BCUT2D eigenvalue weighted by molar-refractivity contribution is 9.10. The number of aromatic nitrogens is 2. The number of hydrogen-bond donors (Lipinski definition) is 2. The Labute approximate surface area is 133 Å². The van der Waals surface area contributed by atoms with E-state index < -0.39 is 0 Å². The van der Waals surface area contributed by atoms with Gasteiger partial charge in [-0.15, -0.1) is 11.3 Å². The molecule has 3 rings (SSSR count). The number of hydrazine groups is 1. The minimum atomic E-state index is -0.376. The lowest BCUT2D eigenvalue weighted by atomic mass is 10.2. The van der Waals surface area contributed by atoms with E-state index >= 15 is 0 Å². The first kappa shape index (κ1) is 14.4. The van der Waals surface area contributed by atoms with Crippen LogP contribution in [0.25, 0.3) is 21.6 Å². The van der Waals surface area contributed by atoms with E-state index in [1.807, 2.05) is 6.07 Å². The standard InChI is InChI=1S/C14H12BrFN4S/c1-2-7-6-8-12(20-17)18-13(19-14(8)21-7)11-9(15)4-3-5-10(11)16/h3-6H,2,17H2,1H3,(H,18,19,20). The van der Waals surface area contributed by atoms with E-state index in [-0.39, 0.29) is 5.82 Å².